The maximum Gasteiger partial charge on any atom is 0.237 e. The first-order chi connectivity index (χ1) is 13.9. The van der Waals surface area contributed by atoms with Crippen LogP contribution in [0.25, 0.3) is 0 Å². The Morgan fingerprint density at radius 2 is 1.93 bits per heavy atom. The molecule has 7 heteroatoms. The van der Waals surface area contributed by atoms with Gasteiger partial charge in [0, 0.05) is 26.1 Å². The molecule has 0 unspecified atom stereocenters. The van der Waals surface area contributed by atoms with Crippen molar-refractivity contribution in [1.29, 1.82) is 0 Å². The number of hydrogen-bond donors (Lipinski definition) is 2. The number of para-hydroxylation sites is 2. The van der Waals surface area contributed by atoms with E-state index in [2.05, 4.69) is 29.4 Å². The molecule has 29 heavy (non-hydrogen) atoms. The second-order valence-corrected chi connectivity index (χ2v) is 8.57. The van der Waals surface area contributed by atoms with Gasteiger partial charge in [0.25, 0.3) is 0 Å². The zero-order valence-corrected chi connectivity index (χ0v) is 17.9. The van der Waals surface area contributed by atoms with Crippen molar-refractivity contribution in [3.8, 4) is 11.5 Å². The fourth-order valence-corrected chi connectivity index (χ4v) is 4.49. The molecule has 0 aromatic heterocycles. The maximum atomic E-state index is 12.7. The number of likely N-dealkylation sites (tertiary alicyclic amines) is 1. The number of amides is 2. The van der Waals surface area contributed by atoms with Gasteiger partial charge in [0.1, 0.15) is 6.61 Å². The zero-order valence-electron chi connectivity index (χ0n) is 17.9. The monoisotopic (exact) mass is 403 g/mol. The molecule has 1 aliphatic heterocycles. The van der Waals surface area contributed by atoms with E-state index in [9.17, 15) is 9.59 Å². The van der Waals surface area contributed by atoms with Gasteiger partial charge >= 0.3 is 0 Å². The summed E-state index contributed by atoms with van der Waals surface area (Å²) in [4.78, 5) is 27.2. The van der Waals surface area contributed by atoms with Crippen molar-refractivity contribution in [3.05, 3.63) is 24.3 Å². The number of carbonyl (C=O) groups excluding carboxylic acids is 2. The first-order valence-corrected chi connectivity index (χ1v) is 10.4. The van der Waals surface area contributed by atoms with Crippen molar-refractivity contribution in [2.45, 2.75) is 32.7 Å². The number of ether oxygens (including phenoxy) is 2. The molecule has 1 aromatic rings. The van der Waals surface area contributed by atoms with Crippen molar-refractivity contribution in [2.75, 3.05) is 40.4 Å². The van der Waals surface area contributed by atoms with Gasteiger partial charge in [-0.3, -0.25) is 14.5 Å². The SMILES string of the molecule is CNC(=O)[C@@H]1C[C@@]2(C[C@@H]2C(=O)NCCOc2ccccc2OC)CN1CC(C)C. The van der Waals surface area contributed by atoms with Gasteiger partial charge < -0.3 is 20.1 Å². The second kappa shape index (κ2) is 9.03. The Morgan fingerprint density at radius 1 is 1.21 bits per heavy atom. The van der Waals surface area contributed by atoms with Crippen LogP contribution in [0.1, 0.15) is 26.7 Å². The number of benzene rings is 1. The van der Waals surface area contributed by atoms with Gasteiger partial charge in [-0.1, -0.05) is 26.0 Å². The summed E-state index contributed by atoms with van der Waals surface area (Å²) in [5.41, 5.74) is -0.0559. The minimum atomic E-state index is -0.130. The summed E-state index contributed by atoms with van der Waals surface area (Å²) < 4.78 is 11.0. The molecule has 2 aliphatic rings. The third-order valence-corrected chi connectivity index (χ3v) is 5.94. The number of carbonyl (C=O) groups is 2. The van der Waals surface area contributed by atoms with Crippen molar-refractivity contribution in [1.82, 2.24) is 15.5 Å². The smallest absolute Gasteiger partial charge is 0.237 e. The van der Waals surface area contributed by atoms with E-state index in [1.165, 1.54) is 0 Å². The van der Waals surface area contributed by atoms with Gasteiger partial charge in [-0.25, -0.2) is 0 Å². The van der Waals surface area contributed by atoms with Crippen LogP contribution in [0.15, 0.2) is 24.3 Å². The summed E-state index contributed by atoms with van der Waals surface area (Å²) in [7, 11) is 3.28. The summed E-state index contributed by atoms with van der Waals surface area (Å²) in [6.45, 7) is 6.83. The van der Waals surface area contributed by atoms with E-state index in [1.54, 1.807) is 14.2 Å². The minimum absolute atomic E-state index is 0.0157. The molecule has 3 atom stereocenters. The lowest BCUT2D eigenvalue weighted by atomic mass is 9.99. The lowest BCUT2D eigenvalue weighted by Crippen LogP contribution is -2.43. The van der Waals surface area contributed by atoms with Crippen molar-refractivity contribution < 1.29 is 19.1 Å². The summed E-state index contributed by atoms with van der Waals surface area (Å²) in [5, 5.41) is 5.77. The second-order valence-electron chi connectivity index (χ2n) is 8.57. The Labute approximate surface area is 173 Å². The summed E-state index contributed by atoms with van der Waals surface area (Å²) in [5.74, 6) is 1.93. The highest BCUT2D eigenvalue weighted by molar-refractivity contribution is 5.85. The molecular formula is C22H33N3O4. The highest BCUT2D eigenvalue weighted by Crippen LogP contribution is 2.60. The Bertz CT molecular complexity index is 739. The van der Waals surface area contributed by atoms with E-state index in [0.29, 0.717) is 30.6 Å². The molecule has 0 bridgehead atoms. The number of methoxy groups -OCH3 is 1. The average Bonchev–Trinajstić information content (AvgIpc) is 3.29. The van der Waals surface area contributed by atoms with Crippen LogP contribution in [-0.2, 0) is 9.59 Å². The highest BCUT2D eigenvalue weighted by Gasteiger charge is 2.63. The number of hydrogen-bond acceptors (Lipinski definition) is 5. The van der Waals surface area contributed by atoms with Gasteiger partial charge in [0.15, 0.2) is 11.5 Å². The molecule has 1 aliphatic carbocycles. The molecule has 3 rings (SSSR count). The van der Waals surface area contributed by atoms with E-state index >= 15 is 0 Å². The van der Waals surface area contributed by atoms with Gasteiger partial charge in [0.2, 0.25) is 11.8 Å². The largest absolute Gasteiger partial charge is 0.493 e. The molecule has 2 amide bonds. The van der Waals surface area contributed by atoms with E-state index in [4.69, 9.17) is 9.47 Å². The quantitative estimate of drug-likeness (QED) is 0.613. The lowest BCUT2D eigenvalue weighted by Gasteiger charge is -2.24. The molecule has 1 spiro atoms. The standard InChI is InChI=1S/C22H33N3O4/c1-15(2)13-25-14-22(12-17(25)21(27)23-3)11-16(22)20(26)24-9-10-29-19-8-6-5-7-18(19)28-4/h5-8,15-17H,9-14H2,1-4H3,(H,23,27)(H,24,26)/t16-,17+,22+/m1/s1. The Hall–Kier alpha value is -2.28. The Morgan fingerprint density at radius 3 is 2.59 bits per heavy atom. The molecule has 1 saturated carbocycles. The summed E-state index contributed by atoms with van der Waals surface area (Å²) in [6.07, 6.45) is 1.61. The first-order valence-electron chi connectivity index (χ1n) is 10.4. The van der Waals surface area contributed by atoms with Crippen molar-refractivity contribution >= 4 is 11.8 Å². The molecule has 1 saturated heterocycles. The Kier molecular flexibility index (Phi) is 6.67. The third-order valence-electron chi connectivity index (χ3n) is 5.94. The first kappa shape index (κ1) is 21.4. The van der Waals surface area contributed by atoms with Gasteiger partial charge in [-0.05, 0) is 36.3 Å². The number of likely N-dealkylation sites (N-methyl/N-ethyl adjacent to an activating group) is 1. The van der Waals surface area contributed by atoms with Crippen LogP contribution in [-0.4, -0.2) is 63.2 Å². The van der Waals surface area contributed by atoms with Crippen molar-refractivity contribution in [3.63, 3.8) is 0 Å². The van der Waals surface area contributed by atoms with Crippen LogP contribution in [0.2, 0.25) is 0 Å². The van der Waals surface area contributed by atoms with Gasteiger partial charge in [-0.2, -0.15) is 0 Å². The maximum absolute atomic E-state index is 12.7. The third kappa shape index (κ3) is 4.83. The molecular weight excluding hydrogens is 370 g/mol. The van der Waals surface area contributed by atoms with E-state index in [0.717, 1.165) is 25.9 Å². The summed E-state index contributed by atoms with van der Waals surface area (Å²) in [6, 6.07) is 7.33. The van der Waals surface area contributed by atoms with E-state index in [-0.39, 0.29) is 29.2 Å². The Balaban J connectivity index is 1.48. The lowest BCUT2D eigenvalue weighted by molar-refractivity contribution is -0.125. The molecule has 1 aromatic carbocycles. The van der Waals surface area contributed by atoms with Gasteiger partial charge in [0.05, 0.1) is 19.7 Å². The fourth-order valence-electron chi connectivity index (χ4n) is 4.49. The van der Waals surface area contributed by atoms with Crippen molar-refractivity contribution in [2.24, 2.45) is 17.3 Å². The molecule has 1 heterocycles. The number of nitrogens with zero attached hydrogens (tertiary/aromatic N) is 1. The molecule has 2 fully saturated rings. The normalized spacial score (nSPS) is 25.8. The van der Waals surface area contributed by atoms with Crippen LogP contribution >= 0.6 is 0 Å². The fraction of sp³-hybridized carbons (Fsp3) is 0.636. The average molecular weight is 404 g/mol. The number of rotatable bonds is 9. The molecule has 7 nitrogen and oxygen atoms in total. The van der Waals surface area contributed by atoms with E-state index < -0.39 is 0 Å². The number of nitrogens with one attached hydrogen (secondary N) is 2. The van der Waals surface area contributed by atoms with Crippen LogP contribution in [0.5, 0.6) is 11.5 Å². The molecule has 0 radical (unpaired) electrons. The molecule has 160 valence electrons. The summed E-state index contributed by atoms with van der Waals surface area (Å²) >= 11 is 0. The van der Waals surface area contributed by atoms with Crippen LogP contribution < -0.4 is 20.1 Å². The van der Waals surface area contributed by atoms with Crippen LogP contribution in [0.3, 0.4) is 0 Å². The predicted molar refractivity (Wildman–Crippen MR) is 111 cm³/mol. The highest BCUT2D eigenvalue weighted by atomic mass is 16.5. The topological polar surface area (TPSA) is 79.9 Å². The van der Waals surface area contributed by atoms with E-state index in [1.807, 2.05) is 24.3 Å². The minimum Gasteiger partial charge on any atom is -0.493 e. The van der Waals surface area contributed by atoms with Gasteiger partial charge in [-0.15, -0.1) is 0 Å². The molecule has 2 N–H and O–H groups in total. The van der Waals surface area contributed by atoms with Crippen LogP contribution in [0.4, 0.5) is 0 Å². The predicted octanol–water partition coefficient (Wildman–Crippen LogP) is 1.67. The van der Waals surface area contributed by atoms with Crippen LogP contribution in [0, 0.1) is 17.3 Å². The zero-order chi connectivity index (χ0) is 21.0.